The molecule has 0 radical (unpaired) electrons. The van der Waals surface area contributed by atoms with Gasteiger partial charge < -0.3 is 24.6 Å². The van der Waals surface area contributed by atoms with E-state index in [4.69, 9.17) is 14.2 Å². The molecule has 4 rings (SSSR count). The first-order valence-corrected chi connectivity index (χ1v) is 8.32. The number of carbonyl (C=O) groups is 2. The van der Waals surface area contributed by atoms with Crippen molar-refractivity contribution < 1.29 is 28.9 Å². The van der Waals surface area contributed by atoms with Gasteiger partial charge in [0.05, 0.1) is 6.54 Å². The molecule has 3 amide bonds. The number of hydrogen-bond acceptors (Lipinski definition) is 6. The van der Waals surface area contributed by atoms with Gasteiger partial charge in [0, 0.05) is 6.07 Å². The van der Waals surface area contributed by atoms with Crippen molar-refractivity contribution in [1.29, 1.82) is 0 Å². The van der Waals surface area contributed by atoms with Gasteiger partial charge in [0.1, 0.15) is 24.0 Å². The molecule has 2 N–H and O–H groups in total. The van der Waals surface area contributed by atoms with Crippen LogP contribution in [0.2, 0.25) is 0 Å². The van der Waals surface area contributed by atoms with E-state index >= 15 is 0 Å². The van der Waals surface area contributed by atoms with Crippen LogP contribution < -0.4 is 19.5 Å². The minimum atomic E-state index is -0.985. The molecule has 1 saturated carbocycles. The lowest BCUT2D eigenvalue weighted by molar-refractivity contribution is -0.132. The van der Waals surface area contributed by atoms with Gasteiger partial charge in [-0.05, 0) is 37.8 Å². The van der Waals surface area contributed by atoms with Gasteiger partial charge in [-0.2, -0.15) is 0 Å². The summed E-state index contributed by atoms with van der Waals surface area (Å²) in [4.78, 5) is 25.7. The summed E-state index contributed by atoms with van der Waals surface area (Å²) in [7, 11) is 0. The Kier molecular flexibility index (Phi) is 3.72. The van der Waals surface area contributed by atoms with Crippen LogP contribution in [0.1, 0.15) is 19.8 Å². The topological polar surface area (TPSA) is 97.3 Å². The van der Waals surface area contributed by atoms with Crippen LogP contribution in [0.5, 0.6) is 17.2 Å². The predicted octanol–water partition coefficient (Wildman–Crippen LogP) is 0.875. The lowest BCUT2D eigenvalue weighted by Crippen LogP contribution is -2.46. The van der Waals surface area contributed by atoms with Gasteiger partial charge in [-0.1, -0.05) is 0 Å². The minimum Gasteiger partial charge on any atom is -0.491 e. The number of nitrogens with zero attached hydrogens (tertiary/aromatic N) is 1. The Morgan fingerprint density at radius 2 is 2.12 bits per heavy atom. The monoisotopic (exact) mass is 348 g/mol. The van der Waals surface area contributed by atoms with Crippen LogP contribution in [0, 0.1) is 5.92 Å². The number of nitrogens with one attached hydrogen (secondary N) is 1. The fourth-order valence-electron chi connectivity index (χ4n) is 3.24. The summed E-state index contributed by atoms with van der Waals surface area (Å²) in [6.45, 7) is 1.78. The maximum Gasteiger partial charge on any atom is 0.325 e. The average molecular weight is 348 g/mol. The van der Waals surface area contributed by atoms with E-state index in [1.807, 2.05) is 0 Å². The molecule has 1 saturated heterocycles. The first-order valence-electron chi connectivity index (χ1n) is 8.32. The number of aliphatic hydroxyl groups is 1. The molecule has 25 heavy (non-hydrogen) atoms. The van der Waals surface area contributed by atoms with E-state index in [9.17, 15) is 14.7 Å². The molecule has 8 nitrogen and oxygen atoms in total. The Labute approximate surface area is 144 Å². The third-order valence-corrected chi connectivity index (χ3v) is 4.87. The van der Waals surface area contributed by atoms with Gasteiger partial charge in [0.2, 0.25) is 6.79 Å². The first-order chi connectivity index (χ1) is 12.0. The van der Waals surface area contributed by atoms with Crippen molar-refractivity contribution in [2.75, 3.05) is 19.9 Å². The SMILES string of the molecule is C[C@]1(C2CC2)NC(=O)N(C[C@H](O)COc2ccc3c(c2)OCO3)C1=O. The maximum absolute atomic E-state index is 12.5. The molecule has 1 aromatic carbocycles. The molecule has 134 valence electrons. The van der Waals surface area contributed by atoms with Crippen LogP contribution in [0.25, 0.3) is 0 Å². The second-order valence-electron chi connectivity index (χ2n) is 6.80. The molecule has 0 spiro atoms. The Balaban J connectivity index is 1.34. The smallest absolute Gasteiger partial charge is 0.325 e. The van der Waals surface area contributed by atoms with E-state index in [2.05, 4.69) is 5.32 Å². The molecule has 3 aliphatic rings. The number of ether oxygens (including phenoxy) is 3. The van der Waals surface area contributed by atoms with Crippen molar-refractivity contribution in [3.63, 3.8) is 0 Å². The summed E-state index contributed by atoms with van der Waals surface area (Å²) in [5, 5.41) is 12.9. The van der Waals surface area contributed by atoms with Gasteiger partial charge in [0.25, 0.3) is 5.91 Å². The average Bonchev–Trinajstić information content (AvgIpc) is 3.31. The van der Waals surface area contributed by atoms with Crippen LogP contribution >= 0.6 is 0 Å². The van der Waals surface area contributed by atoms with Crippen LogP contribution in [0.15, 0.2) is 18.2 Å². The minimum absolute atomic E-state index is 0.0448. The molecule has 0 bridgehead atoms. The fraction of sp³-hybridized carbons (Fsp3) is 0.529. The summed E-state index contributed by atoms with van der Waals surface area (Å²) in [6, 6.07) is 4.65. The van der Waals surface area contributed by atoms with Crippen molar-refractivity contribution in [2.24, 2.45) is 5.92 Å². The first kappa shape index (κ1) is 16.0. The number of β-amino-alcohol motifs (C(OH)–C–C–N with tert-alkyl or cyclic N) is 1. The second kappa shape index (κ2) is 5.80. The number of fused-ring (bicyclic) bond motifs is 1. The van der Waals surface area contributed by atoms with E-state index in [0.717, 1.165) is 17.7 Å². The summed E-state index contributed by atoms with van der Waals surface area (Å²) in [6.07, 6.45) is 0.889. The molecule has 2 aliphatic heterocycles. The Morgan fingerprint density at radius 3 is 2.88 bits per heavy atom. The molecule has 1 aromatic rings. The van der Waals surface area contributed by atoms with Crippen molar-refractivity contribution >= 4 is 11.9 Å². The van der Waals surface area contributed by atoms with E-state index in [1.165, 1.54) is 0 Å². The normalized spacial score (nSPS) is 25.9. The zero-order valence-corrected chi connectivity index (χ0v) is 13.9. The zero-order chi connectivity index (χ0) is 17.6. The Morgan fingerprint density at radius 1 is 1.36 bits per heavy atom. The molecular formula is C17H20N2O6. The number of carbonyl (C=O) groups excluding carboxylic acids is 2. The number of imide groups is 1. The number of urea groups is 1. The van der Waals surface area contributed by atoms with E-state index in [0.29, 0.717) is 17.2 Å². The number of benzene rings is 1. The van der Waals surface area contributed by atoms with Gasteiger partial charge in [0.15, 0.2) is 11.5 Å². The maximum atomic E-state index is 12.5. The van der Waals surface area contributed by atoms with Gasteiger partial charge >= 0.3 is 6.03 Å². The predicted molar refractivity (Wildman–Crippen MR) is 85.4 cm³/mol. The van der Waals surface area contributed by atoms with Gasteiger partial charge in [-0.25, -0.2) is 4.79 Å². The number of hydrogen-bond donors (Lipinski definition) is 2. The summed E-state index contributed by atoms with van der Waals surface area (Å²) in [5.74, 6) is 1.66. The van der Waals surface area contributed by atoms with Crippen LogP contribution in [0.4, 0.5) is 4.79 Å². The molecule has 0 unspecified atom stereocenters. The van der Waals surface area contributed by atoms with Crippen LogP contribution in [-0.4, -0.2) is 53.5 Å². The number of rotatable bonds is 6. The van der Waals surface area contributed by atoms with Gasteiger partial charge in [-0.3, -0.25) is 9.69 Å². The molecule has 2 atom stereocenters. The zero-order valence-electron chi connectivity index (χ0n) is 13.9. The highest BCUT2D eigenvalue weighted by molar-refractivity contribution is 6.07. The largest absolute Gasteiger partial charge is 0.491 e. The van der Waals surface area contributed by atoms with Crippen molar-refractivity contribution in [2.45, 2.75) is 31.4 Å². The highest BCUT2D eigenvalue weighted by atomic mass is 16.7. The molecule has 2 fully saturated rings. The molecule has 8 heteroatoms. The van der Waals surface area contributed by atoms with Crippen molar-refractivity contribution in [1.82, 2.24) is 10.2 Å². The second-order valence-corrected chi connectivity index (χ2v) is 6.80. The molecule has 0 aromatic heterocycles. The third kappa shape index (κ3) is 2.86. The summed E-state index contributed by atoms with van der Waals surface area (Å²) in [5.41, 5.74) is -0.838. The highest BCUT2D eigenvalue weighted by Crippen LogP contribution is 2.42. The van der Waals surface area contributed by atoms with E-state index in [1.54, 1.807) is 25.1 Å². The Hall–Kier alpha value is -2.48. The summed E-state index contributed by atoms with van der Waals surface area (Å²) >= 11 is 0. The highest BCUT2D eigenvalue weighted by Gasteiger charge is 2.56. The fourth-order valence-corrected chi connectivity index (χ4v) is 3.24. The number of aliphatic hydroxyl groups excluding tert-OH is 1. The summed E-state index contributed by atoms with van der Waals surface area (Å²) < 4.78 is 16.0. The lowest BCUT2D eigenvalue weighted by Gasteiger charge is -2.22. The van der Waals surface area contributed by atoms with Crippen molar-refractivity contribution in [3.05, 3.63) is 18.2 Å². The standard InChI is InChI=1S/C17H20N2O6/c1-17(10-2-3-10)15(21)19(16(22)18-17)7-11(20)8-23-12-4-5-13-14(6-12)25-9-24-13/h4-6,10-11,20H,2-3,7-9H2,1H3,(H,18,22)/t11-,17+/m0/s1. The van der Waals surface area contributed by atoms with E-state index in [-0.39, 0.29) is 31.8 Å². The lowest BCUT2D eigenvalue weighted by atomic mass is 9.96. The van der Waals surface area contributed by atoms with Gasteiger partial charge in [-0.15, -0.1) is 0 Å². The van der Waals surface area contributed by atoms with E-state index < -0.39 is 17.7 Å². The van der Waals surface area contributed by atoms with Crippen LogP contribution in [0.3, 0.4) is 0 Å². The molecule has 1 aliphatic carbocycles. The van der Waals surface area contributed by atoms with Crippen LogP contribution in [-0.2, 0) is 4.79 Å². The molecule has 2 heterocycles. The molecular weight excluding hydrogens is 328 g/mol. The van der Waals surface area contributed by atoms with Crippen molar-refractivity contribution in [3.8, 4) is 17.2 Å². The Bertz CT molecular complexity index is 719. The quantitative estimate of drug-likeness (QED) is 0.741. The third-order valence-electron chi connectivity index (χ3n) is 4.87. The number of amides is 3.